The van der Waals surface area contributed by atoms with E-state index < -0.39 is 0 Å². The molecule has 148 valence electrons. The van der Waals surface area contributed by atoms with Crippen LogP contribution < -0.4 is 11.5 Å². The summed E-state index contributed by atoms with van der Waals surface area (Å²) in [7, 11) is 0. The minimum Gasteiger partial charge on any atom is -0.402 e. The molecule has 0 fully saturated rings. The first kappa shape index (κ1) is 22.4. The summed E-state index contributed by atoms with van der Waals surface area (Å²) >= 11 is 0. The minimum atomic E-state index is -0.362. The van der Waals surface area contributed by atoms with Crippen LogP contribution in [0.1, 0.15) is 47.5 Å². The van der Waals surface area contributed by atoms with Crippen molar-refractivity contribution < 1.29 is 9.59 Å². The lowest BCUT2D eigenvalue weighted by atomic mass is 9.98. The summed E-state index contributed by atoms with van der Waals surface area (Å²) in [6.07, 6.45) is 6.53. The molecule has 0 aromatic rings. The number of carbonyl (C=O) groups excluding carboxylic acids is 2. The van der Waals surface area contributed by atoms with Crippen LogP contribution in [0.15, 0.2) is 51.5 Å². The van der Waals surface area contributed by atoms with E-state index in [2.05, 4.69) is 18.6 Å². The highest BCUT2D eigenvalue weighted by atomic mass is 16.2. The molecule has 6 heteroatoms. The van der Waals surface area contributed by atoms with E-state index in [0.29, 0.717) is 16.8 Å². The van der Waals surface area contributed by atoms with E-state index in [4.69, 9.17) is 11.5 Å². The summed E-state index contributed by atoms with van der Waals surface area (Å²) in [5.41, 5.74) is 15.4. The Bertz CT molecular complexity index is 726. The Hall–Kier alpha value is -2.63. The maximum atomic E-state index is 12.9. The molecule has 1 atom stereocenters. The molecule has 6 nitrogen and oxygen atoms in total. The van der Waals surface area contributed by atoms with Crippen molar-refractivity contribution in [2.45, 2.75) is 53.5 Å². The van der Waals surface area contributed by atoms with E-state index in [1.807, 2.05) is 33.8 Å². The van der Waals surface area contributed by atoms with Gasteiger partial charge in [-0.1, -0.05) is 27.2 Å². The van der Waals surface area contributed by atoms with Crippen LogP contribution in [0.3, 0.4) is 0 Å². The van der Waals surface area contributed by atoms with Gasteiger partial charge in [0.2, 0.25) is 0 Å². The van der Waals surface area contributed by atoms with Crippen molar-refractivity contribution in [3.63, 3.8) is 0 Å². The van der Waals surface area contributed by atoms with Gasteiger partial charge in [0.05, 0.1) is 12.6 Å². The van der Waals surface area contributed by atoms with Crippen LogP contribution in [0.4, 0.5) is 0 Å². The predicted octanol–water partition coefficient (Wildman–Crippen LogP) is 2.83. The van der Waals surface area contributed by atoms with E-state index in [-0.39, 0.29) is 30.2 Å². The lowest BCUT2D eigenvalue weighted by Crippen LogP contribution is -2.39. The molecule has 1 unspecified atom stereocenters. The molecule has 27 heavy (non-hydrogen) atoms. The average Bonchev–Trinajstić information content (AvgIpc) is 2.94. The third-order valence-corrected chi connectivity index (χ3v) is 4.67. The van der Waals surface area contributed by atoms with Crippen LogP contribution in [0, 0.1) is 5.92 Å². The number of rotatable bonds is 9. The zero-order valence-corrected chi connectivity index (χ0v) is 17.1. The van der Waals surface area contributed by atoms with Crippen LogP contribution in [-0.2, 0) is 9.59 Å². The lowest BCUT2D eigenvalue weighted by Gasteiger charge is -2.26. The molecule has 0 saturated heterocycles. The molecular weight excluding hydrogens is 340 g/mol. The first-order valence-corrected chi connectivity index (χ1v) is 9.28. The molecule has 1 rings (SSSR count). The van der Waals surface area contributed by atoms with E-state index in [0.717, 1.165) is 24.1 Å². The molecule has 1 aliphatic heterocycles. The zero-order valence-electron chi connectivity index (χ0n) is 17.1. The molecule has 0 saturated carbocycles. The summed E-state index contributed by atoms with van der Waals surface area (Å²) < 4.78 is 0. The summed E-state index contributed by atoms with van der Waals surface area (Å²) in [5.74, 6) is -0.478. The fraction of sp³-hybridized carbons (Fsp3) is 0.476. The third kappa shape index (κ3) is 5.42. The van der Waals surface area contributed by atoms with Crippen molar-refractivity contribution in [3.05, 3.63) is 46.5 Å². The number of amides is 1. The molecule has 0 aromatic carbocycles. The third-order valence-electron chi connectivity index (χ3n) is 4.67. The maximum Gasteiger partial charge on any atom is 0.255 e. The second-order valence-corrected chi connectivity index (χ2v) is 7.12. The van der Waals surface area contributed by atoms with Crippen molar-refractivity contribution in [3.8, 4) is 0 Å². The SMILES string of the molecule is C=N/C=C\C1=C(C(=O)C(C)C)CN(C(C)/C(N)=C/C(C)=C(\N)CCC)C1=O. The summed E-state index contributed by atoms with van der Waals surface area (Å²) in [5, 5.41) is 0. The van der Waals surface area contributed by atoms with Crippen molar-refractivity contribution >= 4 is 18.4 Å². The summed E-state index contributed by atoms with van der Waals surface area (Å²) in [6, 6.07) is -0.362. The van der Waals surface area contributed by atoms with E-state index in [1.54, 1.807) is 11.0 Å². The van der Waals surface area contributed by atoms with Gasteiger partial charge in [-0.05, 0) is 44.7 Å². The molecule has 1 aliphatic rings. The normalized spacial score (nSPS) is 17.8. The van der Waals surface area contributed by atoms with Gasteiger partial charge in [0.25, 0.3) is 5.91 Å². The zero-order chi connectivity index (χ0) is 20.7. The Morgan fingerprint density at radius 1 is 1.33 bits per heavy atom. The molecule has 0 aliphatic carbocycles. The molecule has 1 heterocycles. The van der Waals surface area contributed by atoms with Crippen molar-refractivity contribution in [2.75, 3.05) is 6.54 Å². The standard InChI is InChI=1S/C21H32N4O2/c1-7-8-18(22)14(4)11-19(23)15(5)25-12-17(20(26)13(2)3)16(21(25)27)9-10-24-6/h9-11,13,15H,6-8,12,22-23H2,1-5H3/b10-9-,18-14-,19-11-. The smallest absolute Gasteiger partial charge is 0.255 e. The number of ketones is 1. The summed E-state index contributed by atoms with van der Waals surface area (Å²) in [4.78, 5) is 30.7. The number of carbonyl (C=O) groups is 2. The first-order valence-electron chi connectivity index (χ1n) is 9.28. The van der Waals surface area contributed by atoms with Gasteiger partial charge in [-0.15, -0.1) is 0 Å². The Morgan fingerprint density at radius 2 is 1.96 bits per heavy atom. The van der Waals surface area contributed by atoms with Gasteiger partial charge in [-0.25, -0.2) is 0 Å². The predicted molar refractivity (Wildman–Crippen MR) is 111 cm³/mol. The largest absolute Gasteiger partial charge is 0.402 e. The summed E-state index contributed by atoms with van der Waals surface area (Å²) in [6.45, 7) is 13.1. The first-order chi connectivity index (χ1) is 12.6. The van der Waals surface area contributed by atoms with Gasteiger partial charge >= 0.3 is 0 Å². The quantitative estimate of drug-likeness (QED) is 0.480. The highest BCUT2D eigenvalue weighted by Gasteiger charge is 2.36. The van der Waals surface area contributed by atoms with Crippen molar-refractivity contribution in [1.29, 1.82) is 0 Å². The van der Waals surface area contributed by atoms with Crippen LogP contribution >= 0.6 is 0 Å². The number of Topliss-reactive ketones (excluding diaryl/α,β-unsaturated/α-hetero) is 1. The number of nitrogens with two attached hydrogens (primary N) is 2. The van der Waals surface area contributed by atoms with Gasteiger partial charge in [0, 0.05) is 34.7 Å². The second kappa shape index (κ2) is 9.90. The van der Waals surface area contributed by atoms with Crippen LogP contribution in [0.2, 0.25) is 0 Å². The lowest BCUT2D eigenvalue weighted by molar-refractivity contribution is -0.126. The Labute approximate surface area is 162 Å². The van der Waals surface area contributed by atoms with E-state index >= 15 is 0 Å². The highest BCUT2D eigenvalue weighted by molar-refractivity contribution is 6.11. The molecule has 0 bridgehead atoms. The molecule has 0 aromatic heterocycles. The Balaban J connectivity index is 3.17. The van der Waals surface area contributed by atoms with E-state index in [9.17, 15) is 9.59 Å². The molecule has 1 amide bonds. The highest BCUT2D eigenvalue weighted by Crippen LogP contribution is 2.27. The fourth-order valence-electron chi connectivity index (χ4n) is 2.89. The van der Waals surface area contributed by atoms with Crippen LogP contribution in [0.5, 0.6) is 0 Å². The van der Waals surface area contributed by atoms with E-state index in [1.165, 1.54) is 6.20 Å². The van der Waals surface area contributed by atoms with Gasteiger partial charge in [0.15, 0.2) is 5.78 Å². The van der Waals surface area contributed by atoms with Gasteiger partial charge in [-0.2, -0.15) is 0 Å². The monoisotopic (exact) mass is 372 g/mol. The van der Waals surface area contributed by atoms with Crippen molar-refractivity contribution in [2.24, 2.45) is 22.4 Å². The Kier molecular flexibility index (Phi) is 8.22. The maximum absolute atomic E-state index is 12.9. The van der Waals surface area contributed by atoms with Crippen molar-refractivity contribution in [1.82, 2.24) is 4.90 Å². The van der Waals surface area contributed by atoms with Gasteiger partial charge in [0.1, 0.15) is 0 Å². The number of hydrogen-bond donors (Lipinski definition) is 2. The van der Waals surface area contributed by atoms with Gasteiger partial charge in [-0.3, -0.25) is 14.6 Å². The Morgan fingerprint density at radius 3 is 2.48 bits per heavy atom. The van der Waals surface area contributed by atoms with Crippen LogP contribution in [0.25, 0.3) is 0 Å². The topological polar surface area (TPSA) is 102 Å². The van der Waals surface area contributed by atoms with Gasteiger partial charge < -0.3 is 16.4 Å². The average molecular weight is 373 g/mol. The minimum absolute atomic E-state index is 0.0485. The number of nitrogens with zero attached hydrogens (tertiary/aromatic N) is 2. The molecule has 0 spiro atoms. The fourth-order valence-corrected chi connectivity index (χ4v) is 2.89. The second-order valence-electron chi connectivity index (χ2n) is 7.12. The molecule has 4 N–H and O–H groups in total. The molecular formula is C21H32N4O2. The van der Waals surface area contributed by atoms with Crippen LogP contribution in [-0.4, -0.2) is 35.9 Å². The molecule has 0 radical (unpaired) electrons. The number of allylic oxidation sites excluding steroid dienone is 3. The number of aliphatic imine (C=N–C) groups is 1. The number of hydrogen-bond acceptors (Lipinski definition) is 5.